The molecule has 0 saturated heterocycles. The lowest BCUT2D eigenvalue weighted by Gasteiger charge is -2.13. The Balaban J connectivity index is 2.47. The Morgan fingerprint density at radius 3 is 2.48 bits per heavy atom. The van der Waals surface area contributed by atoms with E-state index in [1.165, 1.54) is 18.2 Å². The summed E-state index contributed by atoms with van der Waals surface area (Å²) >= 11 is 11.7. The van der Waals surface area contributed by atoms with E-state index in [0.29, 0.717) is 21.8 Å². The van der Waals surface area contributed by atoms with Crippen LogP contribution in [0.15, 0.2) is 41.3 Å². The van der Waals surface area contributed by atoms with Gasteiger partial charge in [0, 0.05) is 10.0 Å². The van der Waals surface area contributed by atoms with Crippen LogP contribution >= 0.6 is 23.2 Å². The van der Waals surface area contributed by atoms with Crippen molar-refractivity contribution in [3.05, 3.63) is 57.6 Å². The van der Waals surface area contributed by atoms with Crippen LogP contribution in [0, 0.1) is 6.92 Å². The number of halogens is 2. The Morgan fingerprint density at radius 1 is 1.14 bits per heavy atom. The first-order valence-electron chi connectivity index (χ1n) is 6.02. The van der Waals surface area contributed by atoms with Gasteiger partial charge in [-0.3, -0.25) is 4.72 Å². The molecule has 0 aliphatic carbocycles. The number of sulfonamides is 1. The van der Waals surface area contributed by atoms with Crippen molar-refractivity contribution in [3.8, 4) is 0 Å². The molecule has 0 aromatic heterocycles. The Bertz CT molecular complexity index is 776. The summed E-state index contributed by atoms with van der Waals surface area (Å²) in [5, 5.41) is 9.94. The average molecular weight is 346 g/mol. The fraction of sp³-hybridized carbons (Fsp3) is 0.143. The summed E-state index contributed by atoms with van der Waals surface area (Å²) in [5.74, 6) is 0. The minimum atomic E-state index is -3.82. The third-order valence-electron chi connectivity index (χ3n) is 2.97. The molecule has 0 atom stereocenters. The standard InChI is InChI=1S/C14H13Cl2NO3S/c1-9-10(8-18)5-12(16)7-14(9)21(19,20)17-13-4-2-3-11(15)6-13/h2-7,17-18H,8H2,1H3. The lowest BCUT2D eigenvalue weighted by atomic mass is 10.1. The normalized spacial score (nSPS) is 11.4. The zero-order chi connectivity index (χ0) is 15.6. The highest BCUT2D eigenvalue weighted by Gasteiger charge is 2.20. The Morgan fingerprint density at radius 2 is 1.86 bits per heavy atom. The average Bonchev–Trinajstić information content (AvgIpc) is 2.40. The summed E-state index contributed by atoms with van der Waals surface area (Å²) in [7, 11) is -3.82. The number of nitrogens with one attached hydrogen (secondary N) is 1. The molecule has 21 heavy (non-hydrogen) atoms. The molecule has 0 radical (unpaired) electrons. The summed E-state index contributed by atoms with van der Waals surface area (Å²) in [6.07, 6.45) is 0. The van der Waals surface area contributed by atoms with Crippen LogP contribution in [0.3, 0.4) is 0 Å². The van der Waals surface area contributed by atoms with Gasteiger partial charge in [-0.15, -0.1) is 0 Å². The largest absolute Gasteiger partial charge is 0.392 e. The highest BCUT2D eigenvalue weighted by molar-refractivity contribution is 7.92. The first-order chi connectivity index (χ1) is 9.83. The van der Waals surface area contributed by atoms with Gasteiger partial charge in [0.1, 0.15) is 0 Å². The molecule has 2 aromatic carbocycles. The molecule has 0 bridgehead atoms. The van der Waals surface area contributed by atoms with E-state index in [0.717, 1.165) is 0 Å². The van der Waals surface area contributed by atoms with E-state index >= 15 is 0 Å². The van der Waals surface area contributed by atoms with Crippen LogP contribution in [-0.2, 0) is 16.6 Å². The van der Waals surface area contributed by atoms with Crippen LogP contribution in [0.1, 0.15) is 11.1 Å². The zero-order valence-electron chi connectivity index (χ0n) is 11.1. The molecular formula is C14H13Cl2NO3S. The van der Waals surface area contributed by atoms with Gasteiger partial charge in [-0.2, -0.15) is 0 Å². The van der Waals surface area contributed by atoms with Gasteiger partial charge in [-0.1, -0.05) is 29.3 Å². The van der Waals surface area contributed by atoms with Gasteiger partial charge < -0.3 is 5.11 Å². The van der Waals surface area contributed by atoms with Gasteiger partial charge in [-0.05, 0) is 48.4 Å². The first kappa shape index (κ1) is 16.1. The fourth-order valence-electron chi connectivity index (χ4n) is 1.91. The van der Waals surface area contributed by atoms with Crippen molar-refractivity contribution in [2.75, 3.05) is 4.72 Å². The van der Waals surface area contributed by atoms with Crippen LogP contribution < -0.4 is 4.72 Å². The molecule has 0 amide bonds. The molecule has 0 saturated carbocycles. The molecule has 7 heteroatoms. The van der Waals surface area contributed by atoms with E-state index in [9.17, 15) is 13.5 Å². The molecule has 112 valence electrons. The number of aliphatic hydroxyl groups excluding tert-OH is 1. The minimum Gasteiger partial charge on any atom is -0.392 e. The maximum absolute atomic E-state index is 12.5. The lowest BCUT2D eigenvalue weighted by Crippen LogP contribution is -2.15. The molecule has 0 unspecified atom stereocenters. The Hall–Kier alpha value is -1.27. The van der Waals surface area contributed by atoms with Crippen LogP contribution in [-0.4, -0.2) is 13.5 Å². The van der Waals surface area contributed by atoms with Crippen molar-refractivity contribution >= 4 is 38.9 Å². The molecule has 0 aliphatic heterocycles. The molecular weight excluding hydrogens is 333 g/mol. The van der Waals surface area contributed by atoms with Crippen LogP contribution in [0.2, 0.25) is 10.0 Å². The van der Waals surface area contributed by atoms with Crippen molar-refractivity contribution in [2.24, 2.45) is 0 Å². The molecule has 0 fully saturated rings. The summed E-state index contributed by atoms with van der Waals surface area (Å²) in [4.78, 5) is 0.0269. The van der Waals surface area contributed by atoms with E-state index in [1.54, 1.807) is 25.1 Å². The van der Waals surface area contributed by atoms with E-state index in [2.05, 4.69) is 4.72 Å². The number of rotatable bonds is 4. The smallest absolute Gasteiger partial charge is 0.262 e. The third kappa shape index (κ3) is 3.68. The maximum atomic E-state index is 12.5. The predicted molar refractivity (Wildman–Crippen MR) is 84.4 cm³/mol. The second kappa shape index (κ2) is 6.23. The highest BCUT2D eigenvalue weighted by atomic mass is 35.5. The fourth-order valence-corrected chi connectivity index (χ4v) is 3.77. The number of hydrogen-bond acceptors (Lipinski definition) is 3. The van der Waals surface area contributed by atoms with Gasteiger partial charge >= 0.3 is 0 Å². The lowest BCUT2D eigenvalue weighted by molar-refractivity contribution is 0.280. The van der Waals surface area contributed by atoms with E-state index in [1.807, 2.05) is 0 Å². The van der Waals surface area contributed by atoms with E-state index in [4.69, 9.17) is 23.2 Å². The molecule has 0 aliphatic rings. The predicted octanol–water partition coefficient (Wildman–Crippen LogP) is 3.59. The number of aliphatic hydroxyl groups is 1. The van der Waals surface area contributed by atoms with Crippen LogP contribution in [0.4, 0.5) is 5.69 Å². The monoisotopic (exact) mass is 345 g/mol. The molecule has 2 aromatic rings. The Labute approximate surface area is 133 Å². The summed E-state index contributed by atoms with van der Waals surface area (Å²) in [5.41, 5.74) is 1.28. The van der Waals surface area contributed by atoms with Gasteiger partial charge in [-0.25, -0.2) is 8.42 Å². The Kier molecular flexibility index (Phi) is 4.78. The summed E-state index contributed by atoms with van der Waals surface area (Å²) in [6.45, 7) is 1.33. The van der Waals surface area contributed by atoms with E-state index in [-0.39, 0.29) is 16.5 Å². The molecule has 2 N–H and O–H groups in total. The summed E-state index contributed by atoms with van der Waals surface area (Å²) < 4.78 is 27.4. The first-order valence-corrected chi connectivity index (χ1v) is 8.25. The van der Waals surface area contributed by atoms with Gasteiger partial charge in [0.25, 0.3) is 10.0 Å². The number of anilines is 1. The minimum absolute atomic E-state index is 0.0269. The van der Waals surface area contributed by atoms with E-state index < -0.39 is 10.0 Å². The van der Waals surface area contributed by atoms with Crippen LogP contribution in [0.25, 0.3) is 0 Å². The van der Waals surface area contributed by atoms with Gasteiger partial charge in [0.05, 0.1) is 17.2 Å². The van der Waals surface area contributed by atoms with Gasteiger partial charge in [0.2, 0.25) is 0 Å². The molecule has 4 nitrogen and oxygen atoms in total. The second-order valence-corrected chi connectivity index (χ2v) is 6.99. The summed E-state index contributed by atoms with van der Waals surface area (Å²) in [6, 6.07) is 9.28. The van der Waals surface area contributed by atoms with Crippen molar-refractivity contribution in [3.63, 3.8) is 0 Å². The zero-order valence-corrected chi connectivity index (χ0v) is 13.4. The van der Waals surface area contributed by atoms with Crippen LogP contribution in [0.5, 0.6) is 0 Å². The second-order valence-electron chi connectivity index (χ2n) is 4.46. The number of hydrogen-bond donors (Lipinski definition) is 2. The van der Waals surface area contributed by atoms with Crippen molar-refractivity contribution in [1.82, 2.24) is 0 Å². The quantitative estimate of drug-likeness (QED) is 0.889. The third-order valence-corrected chi connectivity index (χ3v) is 4.93. The maximum Gasteiger partial charge on any atom is 0.262 e. The highest BCUT2D eigenvalue weighted by Crippen LogP contribution is 2.27. The molecule has 2 rings (SSSR count). The van der Waals surface area contributed by atoms with Crippen molar-refractivity contribution in [1.29, 1.82) is 0 Å². The van der Waals surface area contributed by atoms with Crippen molar-refractivity contribution < 1.29 is 13.5 Å². The molecule has 0 heterocycles. The van der Waals surface area contributed by atoms with Crippen molar-refractivity contribution in [2.45, 2.75) is 18.4 Å². The SMILES string of the molecule is Cc1c(CO)cc(Cl)cc1S(=O)(=O)Nc1cccc(Cl)c1. The number of benzene rings is 2. The van der Waals surface area contributed by atoms with Gasteiger partial charge in [0.15, 0.2) is 0 Å². The molecule has 0 spiro atoms. The topological polar surface area (TPSA) is 66.4 Å².